The number of hydrogen-bond acceptors (Lipinski definition) is 3. The second kappa shape index (κ2) is 4.58. The van der Waals surface area contributed by atoms with Gasteiger partial charge in [-0.3, -0.25) is 9.69 Å². The monoisotopic (exact) mass is 187 g/mol. The number of hydrogen-bond donors (Lipinski definition) is 2. The number of carboxylic acid groups (broad SMARTS) is 1. The maximum Gasteiger partial charge on any atom is 0.320 e. The molecule has 1 fully saturated rings. The zero-order chi connectivity index (χ0) is 9.84. The van der Waals surface area contributed by atoms with E-state index >= 15 is 0 Å². The first-order valence-electron chi connectivity index (χ1n) is 4.73. The molecular formula is C9H17NO3. The van der Waals surface area contributed by atoms with Crippen molar-refractivity contribution in [3.05, 3.63) is 0 Å². The number of aliphatic carboxylic acids is 1. The van der Waals surface area contributed by atoms with Crippen molar-refractivity contribution in [2.45, 2.75) is 25.8 Å². The Bertz CT molecular complexity index is 184. The van der Waals surface area contributed by atoms with Gasteiger partial charge in [0.2, 0.25) is 0 Å². The third-order valence-corrected chi connectivity index (χ3v) is 2.51. The average Bonchev–Trinajstić information content (AvgIpc) is 2.52. The van der Waals surface area contributed by atoms with Crippen molar-refractivity contribution < 1.29 is 15.0 Å². The van der Waals surface area contributed by atoms with E-state index in [9.17, 15) is 4.79 Å². The molecule has 0 aromatic heterocycles. The second-order valence-corrected chi connectivity index (χ2v) is 3.78. The highest BCUT2D eigenvalue weighted by Crippen LogP contribution is 2.18. The summed E-state index contributed by atoms with van der Waals surface area (Å²) in [6, 6.07) is -0.325. The molecule has 4 heteroatoms. The van der Waals surface area contributed by atoms with E-state index in [1.165, 1.54) is 0 Å². The van der Waals surface area contributed by atoms with E-state index in [0.717, 1.165) is 19.4 Å². The van der Waals surface area contributed by atoms with Crippen LogP contribution < -0.4 is 0 Å². The molecule has 13 heavy (non-hydrogen) atoms. The number of rotatable bonds is 4. The van der Waals surface area contributed by atoms with Gasteiger partial charge in [-0.25, -0.2) is 0 Å². The van der Waals surface area contributed by atoms with Crippen LogP contribution >= 0.6 is 0 Å². The molecule has 1 aliphatic heterocycles. The topological polar surface area (TPSA) is 60.8 Å². The Morgan fingerprint density at radius 2 is 2.38 bits per heavy atom. The molecule has 1 aliphatic rings. The quantitative estimate of drug-likeness (QED) is 0.658. The normalized spacial score (nSPS) is 26.2. The molecule has 0 aromatic carbocycles. The zero-order valence-corrected chi connectivity index (χ0v) is 7.94. The van der Waals surface area contributed by atoms with E-state index in [1.807, 2.05) is 11.8 Å². The van der Waals surface area contributed by atoms with Crippen LogP contribution in [-0.4, -0.2) is 46.8 Å². The molecule has 2 N–H and O–H groups in total. The highest BCUT2D eigenvalue weighted by Gasteiger charge is 2.30. The summed E-state index contributed by atoms with van der Waals surface area (Å²) in [6.45, 7) is 3.59. The second-order valence-electron chi connectivity index (χ2n) is 3.78. The van der Waals surface area contributed by atoms with Gasteiger partial charge in [0.15, 0.2) is 0 Å². The van der Waals surface area contributed by atoms with Crippen LogP contribution in [0.2, 0.25) is 0 Å². The molecule has 76 valence electrons. The molecule has 1 heterocycles. The summed E-state index contributed by atoms with van der Waals surface area (Å²) in [7, 11) is 0. The minimum Gasteiger partial charge on any atom is -0.480 e. The third kappa shape index (κ3) is 2.67. The first-order chi connectivity index (χ1) is 6.15. The molecule has 0 amide bonds. The van der Waals surface area contributed by atoms with E-state index in [-0.39, 0.29) is 18.6 Å². The smallest absolute Gasteiger partial charge is 0.320 e. The fraction of sp³-hybridized carbons (Fsp3) is 0.889. The number of nitrogens with zero attached hydrogens (tertiary/aromatic N) is 1. The van der Waals surface area contributed by atoms with Crippen molar-refractivity contribution in [1.29, 1.82) is 0 Å². The maximum atomic E-state index is 10.8. The lowest BCUT2D eigenvalue weighted by atomic mass is 10.1. The minimum atomic E-state index is -0.734. The molecule has 0 aromatic rings. The van der Waals surface area contributed by atoms with Gasteiger partial charge in [-0.15, -0.1) is 0 Å². The number of likely N-dealkylation sites (tertiary alicyclic amines) is 1. The molecular weight excluding hydrogens is 170 g/mol. The van der Waals surface area contributed by atoms with Gasteiger partial charge in [-0.2, -0.15) is 0 Å². The largest absolute Gasteiger partial charge is 0.480 e. The van der Waals surface area contributed by atoms with Crippen LogP contribution in [0.25, 0.3) is 0 Å². The Labute approximate surface area is 78.2 Å². The van der Waals surface area contributed by atoms with Gasteiger partial charge in [0.25, 0.3) is 0 Å². The Hall–Kier alpha value is -0.610. The summed E-state index contributed by atoms with van der Waals surface area (Å²) in [5.41, 5.74) is 0. The summed E-state index contributed by atoms with van der Waals surface area (Å²) in [5.74, 6) is -0.567. The van der Waals surface area contributed by atoms with Crippen molar-refractivity contribution in [1.82, 2.24) is 4.90 Å². The zero-order valence-electron chi connectivity index (χ0n) is 7.94. The van der Waals surface area contributed by atoms with Gasteiger partial charge in [0, 0.05) is 13.2 Å². The van der Waals surface area contributed by atoms with E-state index < -0.39 is 5.97 Å². The van der Waals surface area contributed by atoms with Crippen molar-refractivity contribution in [3.8, 4) is 0 Å². The van der Waals surface area contributed by atoms with Crippen molar-refractivity contribution in [3.63, 3.8) is 0 Å². The van der Waals surface area contributed by atoms with Crippen molar-refractivity contribution in [2.75, 3.05) is 19.7 Å². The standard InChI is InChI=1S/C9H17NO3/c1-7(6-11)5-10-4-2-3-8(10)9(12)13/h7-8,11H,2-6H2,1H3,(H,12,13). The SMILES string of the molecule is CC(CO)CN1CCCC1C(=O)O. The highest BCUT2D eigenvalue weighted by atomic mass is 16.4. The van der Waals surface area contributed by atoms with E-state index in [1.54, 1.807) is 0 Å². The number of aliphatic hydroxyl groups excluding tert-OH is 1. The van der Waals surface area contributed by atoms with Crippen LogP contribution in [-0.2, 0) is 4.79 Å². The highest BCUT2D eigenvalue weighted by molar-refractivity contribution is 5.73. The fourth-order valence-corrected chi connectivity index (χ4v) is 1.78. The molecule has 2 atom stereocenters. The van der Waals surface area contributed by atoms with Crippen molar-refractivity contribution >= 4 is 5.97 Å². The molecule has 1 rings (SSSR count). The van der Waals surface area contributed by atoms with E-state index in [0.29, 0.717) is 6.54 Å². The first-order valence-corrected chi connectivity index (χ1v) is 4.73. The summed E-state index contributed by atoms with van der Waals surface area (Å²) in [5, 5.41) is 17.7. The van der Waals surface area contributed by atoms with Crippen LogP contribution in [0.4, 0.5) is 0 Å². The number of aliphatic hydroxyl groups is 1. The predicted octanol–water partition coefficient (Wildman–Crippen LogP) is 0.164. The van der Waals surface area contributed by atoms with Crippen LogP contribution in [0.15, 0.2) is 0 Å². The number of carboxylic acids is 1. The number of carbonyl (C=O) groups is 1. The van der Waals surface area contributed by atoms with Crippen LogP contribution in [0.1, 0.15) is 19.8 Å². The van der Waals surface area contributed by atoms with Crippen LogP contribution in [0, 0.1) is 5.92 Å². The molecule has 0 radical (unpaired) electrons. The maximum absolute atomic E-state index is 10.8. The van der Waals surface area contributed by atoms with Gasteiger partial charge < -0.3 is 10.2 Å². The lowest BCUT2D eigenvalue weighted by molar-refractivity contribution is -0.142. The van der Waals surface area contributed by atoms with Crippen LogP contribution in [0.3, 0.4) is 0 Å². The Balaban J connectivity index is 2.44. The predicted molar refractivity (Wildman–Crippen MR) is 48.5 cm³/mol. The van der Waals surface area contributed by atoms with Gasteiger partial charge in [0.1, 0.15) is 6.04 Å². The summed E-state index contributed by atoms with van der Waals surface area (Å²) < 4.78 is 0. The Kier molecular flexibility index (Phi) is 3.69. The molecule has 1 saturated heterocycles. The van der Waals surface area contributed by atoms with Crippen molar-refractivity contribution in [2.24, 2.45) is 5.92 Å². The molecule has 4 nitrogen and oxygen atoms in total. The summed E-state index contributed by atoms with van der Waals surface area (Å²) >= 11 is 0. The van der Waals surface area contributed by atoms with Gasteiger partial charge in [0.05, 0.1) is 0 Å². The molecule has 0 bridgehead atoms. The fourth-order valence-electron chi connectivity index (χ4n) is 1.78. The Morgan fingerprint density at radius 1 is 1.69 bits per heavy atom. The summed E-state index contributed by atoms with van der Waals surface area (Å²) in [6.07, 6.45) is 1.70. The molecule has 2 unspecified atom stereocenters. The average molecular weight is 187 g/mol. The van der Waals surface area contributed by atoms with Gasteiger partial charge in [-0.1, -0.05) is 6.92 Å². The van der Waals surface area contributed by atoms with E-state index in [4.69, 9.17) is 10.2 Å². The molecule has 0 saturated carbocycles. The summed E-state index contributed by atoms with van der Waals surface area (Å²) in [4.78, 5) is 12.7. The lowest BCUT2D eigenvalue weighted by Crippen LogP contribution is -2.39. The third-order valence-electron chi connectivity index (χ3n) is 2.51. The van der Waals surface area contributed by atoms with Crippen LogP contribution in [0.5, 0.6) is 0 Å². The van der Waals surface area contributed by atoms with E-state index in [2.05, 4.69) is 0 Å². The molecule has 0 spiro atoms. The lowest BCUT2D eigenvalue weighted by Gasteiger charge is -2.23. The van der Waals surface area contributed by atoms with Gasteiger partial charge in [-0.05, 0) is 25.3 Å². The first kappa shape index (κ1) is 10.5. The Morgan fingerprint density at radius 3 is 2.92 bits per heavy atom. The van der Waals surface area contributed by atoms with Gasteiger partial charge >= 0.3 is 5.97 Å². The molecule has 0 aliphatic carbocycles. The minimum absolute atomic E-state index is 0.128.